The Hall–Kier alpha value is -0.610. The lowest BCUT2D eigenvalue weighted by Gasteiger charge is -2.30. The largest absolute Gasteiger partial charge is 0.364 e. The molecular weight excluding hydrogens is 242 g/mol. The van der Waals surface area contributed by atoms with Crippen molar-refractivity contribution in [3.8, 4) is 0 Å². The number of rotatable bonds is 3. The van der Waals surface area contributed by atoms with E-state index in [0.717, 1.165) is 10.3 Å². The van der Waals surface area contributed by atoms with Gasteiger partial charge in [0.25, 0.3) is 0 Å². The molecule has 14 heavy (non-hydrogen) atoms. The van der Waals surface area contributed by atoms with Gasteiger partial charge in [-0.1, -0.05) is 0 Å². The summed E-state index contributed by atoms with van der Waals surface area (Å²) in [4.78, 5) is 4.23. The van der Waals surface area contributed by atoms with Crippen molar-refractivity contribution in [3.05, 3.63) is 22.8 Å². The Labute approximate surface area is 93.2 Å². The highest BCUT2D eigenvalue weighted by Crippen LogP contribution is 2.17. The van der Waals surface area contributed by atoms with Crippen molar-refractivity contribution >= 4 is 21.7 Å². The van der Waals surface area contributed by atoms with E-state index in [2.05, 4.69) is 40.1 Å². The number of aromatic nitrogens is 1. The summed E-state index contributed by atoms with van der Waals surface area (Å²) in [6.45, 7) is 6.09. The standard InChI is InChI=1S/C10H16BrN3/c1-7(12)10(2,3)14-9-5-4-8(11)6-13-9/h4-7H,12H2,1-3H3,(H,13,14). The lowest BCUT2D eigenvalue weighted by atomic mass is 9.97. The van der Waals surface area contributed by atoms with E-state index in [1.165, 1.54) is 0 Å². The summed E-state index contributed by atoms with van der Waals surface area (Å²) in [7, 11) is 0. The molecule has 3 N–H and O–H groups in total. The fourth-order valence-electron chi connectivity index (χ4n) is 0.894. The van der Waals surface area contributed by atoms with E-state index in [4.69, 9.17) is 5.73 Å². The lowest BCUT2D eigenvalue weighted by Crippen LogP contribution is -2.47. The van der Waals surface area contributed by atoms with Gasteiger partial charge in [-0.3, -0.25) is 0 Å². The van der Waals surface area contributed by atoms with Gasteiger partial charge in [0.05, 0.1) is 0 Å². The van der Waals surface area contributed by atoms with Gasteiger partial charge < -0.3 is 11.1 Å². The molecule has 1 unspecified atom stereocenters. The summed E-state index contributed by atoms with van der Waals surface area (Å²) in [6, 6.07) is 3.94. The van der Waals surface area contributed by atoms with Gasteiger partial charge in [-0.15, -0.1) is 0 Å². The fraction of sp³-hybridized carbons (Fsp3) is 0.500. The van der Waals surface area contributed by atoms with Gasteiger partial charge in [0.15, 0.2) is 0 Å². The van der Waals surface area contributed by atoms with Crippen molar-refractivity contribution in [2.45, 2.75) is 32.4 Å². The Kier molecular flexibility index (Phi) is 3.50. The monoisotopic (exact) mass is 257 g/mol. The summed E-state index contributed by atoms with van der Waals surface area (Å²) in [5, 5.41) is 3.29. The predicted molar refractivity (Wildman–Crippen MR) is 63.3 cm³/mol. The van der Waals surface area contributed by atoms with E-state index in [9.17, 15) is 0 Å². The molecule has 1 rings (SSSR count). The molecular formula is C10H16BrN3. The smallest absolute Gasteiger partial charge is 0.126 e. The van der Waals surface area contributed by atoms with Crippen molar-refractivity contribution in [1.82, 2.24) is 4.98 Å². The highest BCUT2D eigenvalue weighted by molar-refractivity contribution is 9.10. The van der Waals surface area contributed by atoms with Crippen LogP contribution in [0, 0.1) is 0 Å². The molecule has 0 radical (unpaired) electrons. The summed E-state index contributed by atoms with van der Waals surface area (Å²) >= 11 is 3.34. The normalized spacial score (nSPS) is 13.8. The molecule has 0 saturated carbocycles. The summed E-state index contributed by atoms with van der Waals surface area (Å²) < 4.78 is 0.974. The van der Waals surface area contributed by atoms with Crippen molar-refractivity contribution in [1.29, 1.82) is 0 Å². The summed E-state index contributed by atoms with van der Waals surface area (Å²) in [5.74, 6) is 0.843. The second kappa shape index (κ2) is 4.28. The van der Waals surface area contributed by atoms with Crippen LogP contribution in [-0.2, 0) is 0 Å². The third kappa shape index (κ3) is 2.96. The van der Waals surface area contributed by atoms with Crippen LogP contribution in [0.25, 0.3) is 0 Å². The summed E-state index contributed by atoms with van der Waals surface area (Å²) in [6.07, 6.45) is 1.76. The molecule has 78 valence electrons. The maximum atomic E-state index is 5.85. The second-order valence-corrected chi connectivity index (χ2v) is 4.91. The van der Waals surface area contributed by atoms with Gasteiger partial charge in [0, 0.05) is 22.3 Å². The van der Waals surface area contributed by atoms with Crippen LogP contribution in [0.1, 0.15) is 20.8 Å². The number of hydrogen-bond donors (Lipinski definition) is 2. The molecule has 3 nitrogen and oxygen atoms in total. The van der Waals surface area contributed by atoms with Gasteiger partial charge >= 0.3 is 0 Å². The average molecular weight is 258 g/mol. The average Bonchev–Trinajstić information content (AvgIpc) is 2.08. The number of halogens is 1. The van der Waals surface area contributed by atoms with Crippen molar-refractivity contribution in [3.63, 3.8) is 0 Å². The van der Waals surface area contributed by atoms with Crippen LogP contribution < -0.4 is 11.1 Å². The van der Waals surface area contributed by atoms with Crippen LogP contribution in [0.3, 0.4) is 0 Å². The quantitative estimate of drug-likeness (QED) is 0.875. The van der Waals surface area contributed by atoms with Gasteiger partial charge in [-0.25, -0.2) is 4.98 Å². The highest BCUT2D eigenvalue weighted by atomic mass is 79.9. The van der Waals surface area contributed by atoms with Gasteiger partial charge in [0.2, 0.25) is 0 Å². The van der Waals surface area contributed by atoms with E-state index in [0.29, 0.717) is 0 Å². The Balaban J connectivity index is 2.74. The topological polar surface area (TPSA) is 50.9 Å². The molecule has 4 heteroatoms. The molecule has 0 aliphatic rings. The molecule has 1 aromatic rings. The molecule has 0 aliphatic heterocycles. The van der Waals surface area contributed by atoms with Gasteiger partial charge in [-0.05, 0) is 48.8 Å². The lowest BCUT2D eigenvalue weighted by molar-refractivity contribution is 0.469. The number of nitrogens with two attached hydrogens (primary N) is 1. The third-order valence-electron chi connectivity index (χ3n) is 2.32. The zero-order valence-corrected chi connectivity index (χ0v) is 10.3. The minimum absolute atomic E-state index is 0.0629. The van der Waals surface area contributed by atoms with Crippen molar-refractivity contribution in [2.24, 2.45) is 5.73 Å². The molecule has 1 atom stereocenters. The van der Waals surface area contributed by atoms with Crippen LogP contribution in [0.5, 0.6) is 0 Å². The molecule has 0 amide bonds. The highest BCUT2D eigenvalue weighted by Gasteiger charge is 2.22. The Morgan fingerprint density at radius 2 is 2.14 bits per heavy atom. The number of nitrogens with one attached hydrogen (secondary N) is 1. The molecule has 0 aromatic carbocycles. The van der Waals surface area contributed by atoms with E-state index in [1.54, 1.807) is 6.20 Å². The number of nitrogens with zero attached hydrogens (tertiary/aromatic N) is 1. The Bertz CT molecular complexity index is 293. The molecule has 1 heterocycles. The minimum Gasteiger partial charge on any atom is -0.364 e. The first kappa shape index (κ1) is 11.5. The van der Waals surface area contributed by atoms with Crippen LogP contribution in [-0.4, -0.2) is 16.6 Å². The number of anilines is 1. The molecule has 0 bridgehead atoms. The molecule has 0 saturated heterocycles. The number of pyridine rings is 1. The molecule has 0 spiro atoms. The zero-order valence-electron chi connectivity index (χ0n) is 8.71. The van der Waals surface area contributed by atoms with E-state index < -0.39 is 0 Å². The first-order valence-electron chi connectivity index (χ1n) is 4.57. The van der Waals surface area contributed by atoms with Crippen molar-refractivity contribution < 1.29 is 0 Å². The van der Waals surface area contributed by atoms with Crippen LogP contribution in [0.2, 0.25) is 0 Å². The van der Waals surface area contributed by atoms with Crippen LogP contribution in [0.4, 0.5) is 5.82 Å². The van der Waals surface area contributed by atoms with Gasteiger partial charge in [-0.2, -0.15) is 0 Å². The Morgan fingerprint density at radius 1 is 1.50 bits per heavy atom. The van der Waals surface area contributed by atoms with Crippen LogP contribution >= 0.6 is 15.9 Å². The predicted octanol–water partition coefficient (Wildman–Crippen LogP) is 2.38. The van der Waals surface area contributed by atoms with E-state index in [1.807, 2.05) is 19.1 Å². The molecule has 0 aliphatic carbocycles. The van der Waals surface area contributed by atoms with E-state index in [-0.39, 0.29) is 11.6 Å². The fourth-order valence-corrected chi connectivity index (χ4v) is 1.13. The first-order valence-corrected chi connectivity index (χ1v) is 5.36. The molecule has 1 aromatic heterocycles. The maximum Gasteiger partial charge on any atom is 0.126 e. The Morgan fingerprint density at radius 3 is 2.57 bits per heavy atom. The van der Waals surface area contributed by atoms with Crippen LogP contribution in [0.15, 0.2) is 22.8 Å². The third-order valence-corrected chi connectivity index (χ3v) is 2.79. The molecule has 0 fully saturated rings. The SMILES string of the molecule is CC(N)C(C)(C)Nc1ccc(Br)cn1. The second-order valence-electron chi connectivity index (χ2n) is 4.00. The minimum atomic E-state index is -0.152. The first-order chi connectivity index (χ1) is 6.42. The zero-order chi connectivity index (χ0) is 10.8. The van der Waals surface area contributed by atoms with Gasteiger partial charge in [0.1, 0.15) is 5.82 Å². The summed E-state index contributed by atoms with van der Waals surface area (Å²) in [5.41, 5.74) is 5.70. The maximum absolute atomic E-state index is 5.85. The number of hydrogen-bond acceptors (Lipinski definition) is 3. The van der Waals surface area contributed by atoms with E-state index >= 15 is 0 Å². The van der Waals surface area contributed by atoms with Crippen molar-refractivity contribution in [2.75, 3.05) is 5.32 Å².